The highest BCUT2D eigenvalue weighted by Crippen LogP contribution is 2.20. The van der Waals surface area contributed by atoms with Gasteiger partial charge in [-0.1, -0.05) is 6.92 Å². The van der Waals surface area contributed by atoms with Crippen molar-refractivity contribution >= 4 is 0 Å². The molecule has 17 heavy (non-hydrogen) atoms. The number of aromatic nitrogens is 3. The smallest absolute Gasteiger partial charge is 0.146 e. The Bertz CT molecular complexity index is 455. The number of hydrogen-bond acceptors (Lipinski definition) is 3. The van der Waals surface area contributed by atoms with Gasteiger partial charge in [0.25, 0.3) is 0 Å². The lowest BCUT2D eigenvalue weighted by Gasteiger charge is -2.17. The minimum absolute atomic E-state index is 0.257. The molecule has 0 aliphatic rings. The number of rotatable bonds is 5. The second-order valence-corrected chi connectivity index (χ2v) is 3.76. The minimum Gasteiger partial charge on any atom is -0.347 e. The molecule has 2 heterocycles. The third-order valence-electron chi connectivity index (χ3n) is 2.51. The van der Waals surface area contributed by atoms with E-state index in [4.69, 9.17) is 0 Å². The summed E-state index contributed by atoms with van der Waals surface area (Å²) in [5, 5.41) is 3.27. The van der Waals surface area contributed by atoms with Crippen molar-refractivity contribution in [3.63, 3.8) is 0 Å². The largest absolute Gasteiger partial charge is 0.347 e. The molecule has 4 nitrogen and oxygen atoms in total. The topological polar surface area (TPSA) is 53.6 Å². The maximum Gasteiger partial charge on any atom is 0.146 e. The highest BCUT2D eigenvalue weighted by molar-refractivity contribution is 5.23. The Kier molecular flexibility index (Phi) is 3.82. The maximum absolute atomic E-state index is 13.7. The molecule has 2 aromatic rings. The highest BCUT2D eigenvalue weighted by Gasteiger charge is 2.18. The van der Waals surface area contributed by atoms with E-state index in [9.17, 15) is 4.39 Å². The Hall–Kier alpha value is -1.75. The zero-order valence-corrected chi connectivity index (χ0v) is 9.65. The molecule has 2 N–H and O–H groups in total. The van der Waals surface area contributed by atoms with E-state index in [2.05, 4.69) is 27.2 Å². The number of nitrogens with zero attached hydrogens (tertiary/aromatic N) is 2. The van der Waals surface area contributed by atoms with Crippen molar-refractivity contribution in [2.45, 2.75) is 19.4 Å². The molecule has 0 aliphatic carbocycles. The molecule has 90 valence electrons. The van der Waals surface area contributed by atoms with Crippen molar-refractivity contribution in [1.82, 2.24) is 20.3 Å². The van der Waals surface area contributed by atoms with Gasteiger partial charge in [0.2, 0.25) is 0 Å². The second-order valence-electron chi connectivity index (χ2n) is 3.76. The van der Waals surface area contributed by atoms with Gasteiger partial charge in [0.05, 0.1) is 12.2 Å². The molecule has 0 aromatic carbocycles. The Labute approximate surface area is 99.3 Å². The van der Waals surface area contributed by atoms with E-state index < -0.39 is 0 Å². The number of pyridine rings is 1. The molecule has 0 bridgehead atoms. The summed E-state index contributed by atoms with van der Waals surface area (Å²) in [5.41, 5.74) is 0.559. The van der Waals surface area contributed by atoms with E-state index in [1.807, 2.05) is 0 Å². The third-order valence-corrected chi connectivity index (χ3v) is 2.51. The molecule has 0 fully saturated rings. The molecule has 1 atom stereocenters. The SMILES string of the molecule is CCCNC(c1ncc[nH]1)c1ccncc1F. The Morgan fingerprint density at radius 1 is 1.47 bits per heavy atom. The van der Waals surface area contributed by atoms with Crippen molar-refractivity contribution in [1.29, 1.82) is 0 Å². The molecule has 0 radical (unpaired) electrons. The van der Waals surface area contributed by atoms with Gasteiger partial charge in [0, 0.05) is 24.2 Å². The van der Waals surface area contributed by atoms with Crippen molar-refractivity contribution in [3.8, 4) is 0 Å². The van der Waals surface area contributed by atoms with Crippen LogP contribution in [0.3, 0.4) is 0 Å². The first-order chi connectivity index (χ1) is 8.33. The Balaban J connectivity index is 2.30. The minimum atomic E-state index is -0.322. The molecule has 1 unspecified atom stereocenters. The van der Waals surface area contributed by atoms with Crippen molar-refractivity contribution in [2.75, 3.05) is 6.54 Å². The first-order valence-electron chi connectivity index (χ1n) is 5.65. The van der Waals surface area contributed by atoms with Crippen molar-refractivity contribution in [3.05, 3.63) is 48.1 Å². The van der Waals surface area contributed by atoms with Crippen LogP contribution in [-0.4, -0.2) is 21.5 Å². The standard InChI is InChI=1S/C12H15FN4/c1-2-4-15-11(12-16-6-7-17-12)9-3-5-14-8-10(9)13/h3,5-8,11,15H,2,4H2,1H3,(H,16,17). The Morgan fingerprint density at radius 2 is 2.35 bits per heavy atom. The normalized spacial score (nSPS) is 12.6. The summed E-state index contributed by atoms with van der Waals surface area (Å²) in [7, 11) is 0. The van der Waals surface area contributed by atoms with Crippen LogP contribution in [0.25, 0.3) is 0 Å². The molecule has 5 heteroatoms. The number of nitrogens with one attached hydrogen (secondary N) is 2. The van der Waals surface area contributed by atoms with Crippen LogP contribution < -0.4 is 5.32 Å². The summed E-state index contributed by atoms with van der Waals surface area (Å²) < 4.78 is 13.7. The number of halogens is 1. The van der Waals surface area contributed by atoms with E-state index >= 15 is 0 Å². The molecule has 2 rings (SSSR count). The molecule has 0 spiro atoms. The zero-order valence-electron chi connectivity index (χ0n) is 9.65. The van der Waals surface area contributed by atoms with Crippen LogP contribution in [0, 0.1) is 5.82 Å². The van der Waals surface area contributed by atoms with Gasteiger partial charge in [-0.15, -0.1) is 0 Å². The number of H-pyrrole nitrogens is 1. The van der Waals surface area contributed by atoms with Gasteiger partial charge in [-0.3, -0.25) is 4.98 Å². The van der Waals surface area contributed by atoms with Crippen LogP contribution in [0.4, 0.5) is 4.39 Å². The predicted molar refractivity (Wildman–Crippen MR) is 62.9 cm³/mol. The van der Waals surface area contributed by atoms with Gasteiger partial charge in [0.1, 0.15) is 11.6 Å². The van der Waals surface area contributed by atoms with Gasteiger partial charge in [-0.2, -0.15) is 0 Å². The van der Waals surface area contributed by atoms with E-state index in [1.165, 1.54) is 6.20 Å². The number of imidazole rings is 1. The first kappa shape index (κ1) is 11.7. The lowest BCUT2D eigenvalue weighted by molar-refractivity contribution is 0.530. The summed E-state index contributed by atoms with van der Waals surface area (Å²) in [6, 6.07) is 1.42. The maximum atomic E-state index is 13.7. The fourth-order valence-corrected chi connectivity index (χ4v) is 1.70. The van der Waals surface area contributed by atoms with E-state index in [0.717, 1.165) is 13.0 Å². The van der Waals surface area contributed by atoms with Crippen LogP contribution in [0.2, 0.25) is 0 Å². The van der Waals surface area contributed by atoms with Gasteiger partial charge < -0.3 is 10.3 Å². The lowest BCUT2D eigenvalue weighted by Crippen LogP contribution is -2.25. The summed E-state index contributed by atoms with van der Waals surface area (Å²) in [4.78, 5) is 10.9. The summed E-state index contributed by atoms with van der Waals surface area (Å²) in [6.07, 6.45) is 7.18. The average Bonchev–Trinajstić information content (AvgIpc) is 2.85. The van der Waals surface area contributed by atoms with Crippen molar-refractivity contribution in [2.24, 2.45) is 0 Å². The molecule has 0 saturated heterocycles. The number of hydrogen-bond donors (Lipinski definition) is 2. The van der Waals surface area contributed by atoms with Gasteiger partial charge in [-0.25, -0.2) is 9.37 Å². The van der Waals surface area contributed by atoms with Crippen LogP contribution in [0.15, 0.2) is 30.9 Å². The van der Waals surface area contributed by atoms with E-state index in [1.54, 1.807) is 24.7 Å². The second kappa shape index (κ2) is 5.54. The van der Waals surface area contributed by atoms with E-state index in [-0.39, 0.29) is 11.9 Å². The molecule has 2 aromatic heterocycles. The molecule has 0 saturated carbocycles. The summed E-state index contributed by atoms with van der Waals surface area (Å²) >= 11 is 0. The molecular weight excluding hydrogens is 219 g/mol. The monoisotopic (exact) mass is 234 g/mol. The fraction of sp³-hybridized carbons (Fsp3) is 0.333. The zero-order chi connectivity index (χ0) is 12.1. The molecule has 0 aliphatic heterocycles. The van der Waals surface area contributed by atoms with Crippen LogP contribution >= 0.6 is 0 Å². The van der Waals surface area contributed by atoms with Gasteiger partial charge in [0.15, 0.2) is 0 Å². The summed E-state index contributed by atoms with van der Waals surface area (Å²) in [6.45, 7) is 2.86. The fourth-order valence-electron chi connectivity index (χ4n) is 1.70. The highest BCUT2D eigenvalue weighted by atomic mass is 19.1. The molecular formula is C12H15FN4. The van der Waals surface area contributed by atoms with Crippen LogP contribution in [0.5, 0.6) is 0 Å². The van der Waals surface area contributed by atoms with Crippen LogP contribution in [-0.2, 0) is 0 Å². The third kappa shape index (κ3) is 2.68. The first-order valence-corrected chi connectivity index (χ1v) is 5.65. The van der Waals surface area contributed by atoms with Gasteiger partial charge in [-0.05, 0) is 19.0 Å². The Morgan fingerprint density at radius 3 is 3.00 bits per heavy atom. The van der Waals surface area contributed by atoms with E-state index in [0.29, 0.717) is 11.4 Å². The van der Waals surface area contributed by atoms with Crippen molar-refractivity contribution < 1.29 is 4.39 Å². The van der Waals surface area contributed by atoms with Crippen LogP contribution in [0.1, 0.15) is 30.8 Å². The lowest BCUT2D eigenvalue weighted by atomic mass is 10.1. The molecule has 0 amide bonds. The number of aromatic amines is 1. The van der Waals surface area contributed by atoms with Gasteiger partial charge >= 0.3 is 0 Å². The quantitative estimate of drug-likeness (QED) is 0.832. The average molecular weight is 234 g/mol. The summed E-state index contributed by atoms with van der Waals surface area (Å²) in [5.74, 6) is 0.390. The predicted octanol–water partition coefficient (Wildman–Crippen LogP) is 2.03.